The maximum absolute atomic E-state index is 10.5. The molecule has 0 aliphatic rings. The molecule has 0 aliphatic carbocycles. The second-order valence-electron chi connectivity index (χ2n) is 2.56. The van der Waals surface area contributed by atoms with Crippen molar-refractivity contribution >= 4 is 6.29 Å². The van der Waals surface area contributed by atoms with Crippen LogP contribution in [0.5, 0.6) is 5.75 Å². The van der Waals surface area contributed by atoms with Gasteiger partial charge in [-0.25, -0.2) is 0 Å². The smallest absolute Gasteiger partial charge is 0.177 e. The summed E-state index contributed by atoms with van der Waals surface area (Å²) in [5.74, 6) is 0.677. The molecule has 1 aromatic carbocycles. The van der Waals surface area contributed by atoms with E-state index in [1.807, 2.05) is 18.2 Å². The Hall–Kier alpha value is -1.35. The Labute approximate surface area is 77.3 Å². The molecule has 0 N–H and O–H groups in total. The quantitative estimate of drug-likeness (QED) is 0.640. The zero-order chi connectivity index (χ0) is 9.52. The Kier molecular flexibility index (Phi) is 3.99. The highest BCUT2D eigenvalue weighted by atomic mass is 16.5. The van der Waals surface area contributed by atoms with Crippen molar-refractivity contribution in [2.24, 2.45) is 0 Å². The van der Waals surface area contributed by atoms with Gasteiger partial charge in [0.15, 0.2) is 12.4 Å². The van der Waals surface area contributed by atoms with E-state index in [1.54, 1.807) is 12.1 Å². The predicted molar refractivity (Wildman–Crippen MR) is 48.8 cm³/mol. The minimum absolute atomic E-state index is 0.276. The van der Waals surface area contributed by atoms with Crippen molar-refractivity contribution in [1.82, 2.24) is 0 Å². The summed E-state index contributed by atoms with van der Waals surface area (Å²) in [6.45, 7) is 0.276. The summed E-state index contributed by atoms with van der Waals surface area (Å²) in [4.78, 5) is 10.5. The molecule has 0 amide bonds. The third kappa shape index (κ3) is 3.25. The van der Waals surface area contributed by atoms with Crippen LogP contribution in [-0.2, 0) is 9.53 Å². The van der Waals surface area contributed by atoms with Crippen LogP contribution in [-0.4, -0.2) is 26.1 Å². The van der Waals surface area contributed by atoms with Crippen LogP contribution < -0.4 is 4.74 Å². The molecule has 0 aliphatic heterocycles. The fraction of sp³-hybridized carbons (Fsp3) is 0.300. The van der Waals surface area contributed by atoms with Gasteiger partial charge in [0, 0.05) is 7.11 Å². The summed E-state index contributed by atoms with van der Waals surface area (Å²) in [6.07, 6.45) is 0.212. The van der Waals surface area contributed by atoms with Crippen molar-refractivity contribution in [3.63, 3.8) is 0 Å². The number of hydrogen-bond donors (Lipinski definition) is 0. The number of hydrogen-bond acceptors (Lipinski definition) is 3. The van der Waals surface area contributed by atoms with Crippen molar-refractivity contribution in [2.75, 3.05) is 13.7 Å². The first-order chi connectivity index (χ1) is 6.36. The van der Waals surface area contributed by atoms with E-state index in [4.69, 9.17) is 9.47 Å². The zero-order valence-electron chi connectivity index (χ0n) is 7.47. The van der Waals surface area contributed by atoms with Crippen LogP contribution in [0.15, 0.2) is 30.3 Å². The highest BCUT2D eigenvalue weighted by Crippen LogP contribution is 2.09. The van der Waals surface area contributed by atoms with E-state index in [2.05, 4.69) is 0 Å². The fourth-order valence-corrected chi connectivity index (χ4v) is 0.939. The van der Waals surface area contributed by atoms with E-state index in [1.165, 1.54) is 7.11 Å². The van der Waals surface area contributed by atoms with E-state index < -0.39 is 6.10 Å². The molecule has 0 aromatic heterocycles. The lowest BCUT2D eigenvalue weighted by Gasteiger charge is -2.11. The molecule has 1 rings (SSSR count). The van der Waals surface area contributed by atoms with Gasteiger partial charge in [0.1, 0.15) is 5.75 Å². The van der Waals surface area contributed by atoms with Gasteiger partial charge in [0.05, 0.1) is 6.61 Å². The summed E-state index contributed by atoms with van der Waals surface area (Å²) >= 11 is 0. The lowest BCUT2D eigenvalue weighted by molar-refractivity contribution is -0.115. The Bertz CT molecular complexity index is 246. The molecule has 0 radical (unpaired) electrons. The zero-order valence-corrected chi connectivity index (χ0v) is 7.47. The molecule has 1 aromatic rings. The molecule has 0 saturated carbocycles. The second-order valence-corrected chi connectivity index (χ2v) is 2.56. The van der Waals surface area contributed by atoms with Gasteiger partial charge in [-0.15, -0.1) is 0 Å². The van der Waals surface area contributed by atoms with Crippen LogP contribution in [0.4, 0.5) is 0 Å². The summed E-state index contributed by atoms with van der Waals surface area (Å²) in [5.41, 5.74) is 0. The summed E-state index contributed by atoms with van der Waals surface area (Å²) < 4.78 is 10.1. The predicted octanol–water partition coefficient (Wildman–Crippen LogP) is 1.28. The number of benzene rings is 1. The molecular formula is C10H12O3. The third-order valence-corrected chi connectivity index (χ3v) is 1.51. The van der Waals surface area contributed by atoms with Crippen molar-refractivity contribution in [2.45, 2.75) is 6.10 Å². The van der Waals surface area contributed by atoms with Crippen molar-refractivity contribution < 1.29 is 14.3 Å². The van der Waals surface area contributed by atoms with Gasteiger partial charge in [-0.2, -0.15) is 0 Å². The number of rotatable bonds is 5. The van der Waals surface area contributed by atoms with Crippen LogP contribution >= 0.6 is 0 Å². The molecule has 0 saturated heterocycles. The van der Waals surface area contributed by atoms with Crippen LogP contribution in [0.3, 0.4) is 0 Å². The standard InChI is InChI=1S/C10H12O3/c1-12-8-10(7-11)13-9-5-3-2-4-6-9/h2-7,10H,8H2,1H3. The summed E-state index contributed by atoms with van der Waals surface area (Å²) in [6, 6.07) is 9.19. The maximum Gasteiger partial charge on any atom is 0.177 e. The van der Waals surface area contributed by atoms with E-state index in [9.17, 15) is 4.79 Å². The third-order valence-electron chi connectivity index (χ3n) is 1.51. The van der Waals surface area contributed by atoms with Gasteiger partial charge in [-0.3, -0.25) is 4.79 Å². The first kappa shape index (κ1) is 9.74. The second kappa shape index (κ2) is 5.32. The van der Waals surface area contributed by atoms with Crippen LogP contribution in [0.2, 0.25) is 0 Å². The highest BCUT2D eigenvalue weighted by Gasteiger charge is 2.07. The lowest BCUT2D eigenvalue weighted by Crippen LogP contribution is -2.23. The highest BCUT2D eigenvalue weighted by molar-refractivity contribution is 5.57. The monoisotopic (exact) mass is 180 g/mol. The van der Waals surface area contributed by atoms with Crippen LogP contribution in [0.25, 0.3) is 0 Å². The molecular weight excluding hydrogens is 168 g/mol. The van der Waals surface area contributed by atoms with E-state index >= 15 is 0 Å². The molecule has 1 atom stereocenters. The van der Waals surface area contributed by atoms with E-state index in [0.717, 1.165) is 6.29 Å². The average molecular weight is 180 g/mol. The van der Waals surface area contributed by atoms with Gasteiger partial charge in [0.25, 0.3) is 0 Å². The Balaban J connectivity index is 2.51. The molecule has 13 heavy (non-hydrogen) atoms. The number of carbonyl (C=O) groups is 1. The van der Waals surface area contributed by atoms with Crippen molar-refractivity contribution in [1.29, 1.82) is 0 Å². The number of methoxy groups -OCH3 is 1. The Morgan fingerprint density at radius 2 is 2.08 bits per heavy atom. The molecule has 70 valence electrons. The largest absolute Gasteiger partial charge is 0.481 e. The van der Waals surface area contributed by atoms with Gasteiger partial charge in [-0.1, -0.05) is 18.2 Å². The van der Waals surface area contributed by atoms with Crippen LogP contribution in [0.1, 0.15) is 0 Å². The lowest BCUT2D eigenvalue weighted by atomic mass is 10.3. The van der Waals surface area contributed by atoms with Gasteiger partial charge >= 0.3 is 0 Å². The maximum atomic E-state index is 10.5. The molecule has 3 nitrogen and oxygen atoms in total. The topological polar surface area (TPSA) is 35.5 Å². The fourth-order valence-electron chi connectivity index (χ4n) is 0.939. The number of para-hydroxylation sites is 1. The summed E-state index contributed by atoms with van der Waals surface area (Å²) in [5, 5.41) is 0. The minimum atomic E-state index is -0.521. The Morgan fingerprint density at radius 3 is 2.62 bits per heavy atom. The van der Waals surface area contributed by atoms with Crippen molar-refractivity contribution in [3.8, 4) is 5.75 Å². The molecule has 1 unspecified atom stereocenters. The van der Waals surface area contributed by atoms with E-state index in [0.29, 0.717) is 5.75 Å². The SMILES string of the molecule is COCC(C=O)Oc1ccccc1. The minimum Gasteiger partial charge on any atom is -0.481 e. The van der Waals surface area contributed by atoms with E-state index in [-0.39, 0.29) is 6.61 Å². The first-order valence-corrected chi connectivity index (χ1v) is 4.02. The molecule has 0 heterocycles. The number of carbonyl (C=O) groups excluding carboxylic acids is 1. The van der Waals surface area contributed by atoms with Gasteiger partial charge in [0.2, 0.25) is 0 Å². The molecule has 0 spiro atoms. The van der Waals surface area contributed by atoms with Gasteiger partial charge < -0.3 is 9.47 Å². The van der Waals surface area contributed by atoms with Crippen molar-refractivity contribution in [3.05, 3.63) is 30.3 Å². The number of ether oxygens (including phenoxy) is 2. The van der Waals surface area contributed by atoms with Crippen LogP contribution in [0, 0.1) is 0 Å². The molecule has 0 bridgehead atoms. The molecule has 0 fully saturated rings. The van der Waals surface area contributed by atoms with Gasteiger partial charge in [-0.05, 0) is 12.1 Å². The number of aldehydes is 1. The molecule has 3 heteroatoms. The first-order valence-electron chi connectivity index (χ1n) is 4.02. The normalized spacial score (nSPS) is 12.1. The Morgan fingerprint density at radius 1 is 1.38 bits per heavy atom. The summed E-state index contributed by atoms with van der Waals surface area (Å²) in [7, 11) is 1.53. The average Bonchev–Trinajstić information content (AvgIpc) is 2.19.